The van der Waals surface area contributed by atoms with Crippen LogP contribution in [-0.4, -0.2) is 69.1 Å². The predicted octanol–water partition coefficient (Wildman–Crippen LogP) is 2.40. The Bertz CT molecular complexity index is 1450. The molecule has 0 aliphatic carbocycles. The summed E-state index contributed by atoms with van der Waals surface area (Å²) in [4.78, 5) is -0.446. The zero-order valence-electron chi connectivity index (χ0n) is 17.9. The van der Waals surface area contributed by atoms with Crippen LogP contribution in [0, 0.1) is 29.1 Å². The molecule has 200 valence electrons. The largest absolute Gasteiger partial charge is 0.394 e. The van der Waals surface area contributed by atoms with Crippen molar-refractivity contribution in [3.8, 4) is 11.3 Å². The summed E-state index contributed by atoms with van der Waals surface area (Å²) in [5.74, 6) is -11.3. The number of halogens is 7. The molecule has 1 aliphatic heterocycles. The van der Waals surface area contributed by atoms with Crippen molar-refractivity contribution in [2.24, 2.45) is 0 Å². The normalized spacial score (nSPS) is 24.4. The van der Waals surface area contributed by atoms with Gasteiger partial charge in [-0.2, -0.15) is 0 Å². The molecule has 2 heterocycles. The number of rotatable bonds is 5. The topological polar surface area (TPSA) is 135 Å². The van der Waals surface area contributed by atoms with E-state index < -0.39 is 91.5 Å². The van der Waals surface area contributed by atoms with Crippen molar-refractivity contribution in [3.63, 3.8) is 0 Å². The molecule has 4 rings (SSSR count). The third kappa shape index (κ3) is 4.58. The lowest BCUT2D eigenvalue weighted by Crippen LogP contribution is -2.58. The first kappa shape index (κ1) is 27.6. The molecule has 0 unspecified atom stereocenters. The van der Waals surface area contributed by atoms with Gasteiger partial charge in [0.25, 0.3) is 0 Å². The van der Waals surface area contributed by atoms with Gasteiger partial charge in [-0.15, -0.1) is 5.10 Å². The number of benzene rings is 2. The van der Waals surface area contributed by atoms with E-state index in [0.717, 1.165) is 18.2 Å². The molecule has 37 heavy (non-hydrogen) atoms. The van der Waals surface area contributed by atoms with Gasteiger partial charge in [0.2, 0.25) is 15.7 Å². The van der Waals surface area contributed by atoms with Gasteiger partial charge < -0.3 is 20.1 Å². The molecular formula is C20H14Cl2F5N3O6S. The number of hydrogen-bond acceptors (Lipinski definition) is 8. The summed E-state index contributed by atoms with van der Waals surface area (Å²) in [6, 6.07) is 1.41. The quantitative estimate of drug-likeness (QED) is 0.235. The maximum absolute atomic E-state index is 14.2. The Labute approximate surface area is 214 Å². The molecule has 3 aromatic rings. The van der Waals surface area contributed by atoms with Crippen LogP contribution in [0.5, 0.6) is 0 Å². The Hall–Kier alpha value is -2.40. The Balaban J connectivity index is 1.78. The second kappa shape index (κ2) is 10.1. The van der Waals surface area contributed by atoms with Crippen molar-refractivity contribution in [1.29, 1.82) is 0 Å². The summed E-state index contributed by atoms with van der Waals surface area (Å²) in [6.45, 7) is -0.947. The SMILES string of the molecule is O=S(=O)(c1ccc(Cl)c(Cl)c1)[C@H]1O[C@H](CO)[C@H](O)[C@H](n2cc(-c3c(F)c(F)c(F)c(F)c3F)nn2)[C@H]1O. The third-order valence-electron chi connectivity index (χ3n) is 5.66. The summed E-state index contributed by atoms with van der Waals surface area (Å²) in [6.07, 6.45) is -5.02. The fraction of sp³-hybridized carbons (Fsp3) is 0.300. The van der Waals surface area contributed by atoms with Crippen molar-refractivity contribution in [1.82, 2.24) is 15.0 Å². The molecule has 0 amide bonds. The molecule has 9 nitrogen and oxygen atoms in total. The van der Waals surface area contributed by atoms with E-state index in [1.807, 2.05) is 0 Å². The van der Waals surface area contributed by atoms with E-state index in [1.54, 1.807) is 0 Å². The van der Waals surface area contributed by atoms with Crippen molar-refractivity contribution < 1.29 is 50.4 Å². The lowest BCUT2D eigenvalue weighted by atomic mass is 9.97. The molecule has 0 bridgehead atoms. The van der Waals surface area contributed by atoms with Crippen molar-refractivity contribution in [2.45, 2.75) is 34.7 Å². The van der Waals surface area contributed by atoms with Crippen molar-refractivity contribution >= 4 is 33.0 Å². The van der Waals surface area contributed by atoms with Crippen LogP contribution in [-0.2, 0) is 14.6 Å². The third-order valence-corrected chi connectivity index (χ3v) is 8.31. The van der Waals surface area contributed by atoms with E-state index in [0.29, 0.717) is 10.9 Å². The molecule has 17 heteroatoms. The molecule has 0 saturated carbocycles. The molecule has 1 aliphatic rings. The van der Waals surface area contributed by atoms with Gasteiger partial charge in [0.05, 0.1) is 33.3 Å². The number of ether oxygens (including phenoxy) is 1. The molecule has 1 aromatic heterocycles. The molecule has 0 spiro atoms. The van der Waals surface area contributed by atoms with Gasteiger partial charge in [-0.3, -0.25) is 0 Å². The average molecular weight is 590 g/mol. The van der Waals surface area contributed by atoms with Gasteiger partial charge in [-0.1, -0.05) is 28.4 Å². The van der Waals surface area contributed by atoms with Crippen LogP contribution in [0.1, 0.15) is 6.04 Å². The lowest BCUT2D eigenvalue weighted by Gasteiger charge is -2.41. The fourth-order valence-electron chi connectivity index (χ4n) is 3.79. The van der Waals surface area contributed by atoms with Crippen LogP contribution < -0.4 is 0 Å². The van der Waals surface area contributed by atoms with Gasteiger partial charge in [0, 0.05) is 0 Å². The highest BCUT2D eigenvalue weighted by Crippen LogP contribution is 2.37. The zero-order valence-corrected chi connectivity index (χ0v) is 20.2. The van der Waals surface area contributed by atoms with E-state index >= 15 is 0 Å². The standard InChI is InChI=1S/C20H14Cl2F5N3O6S/c21-7-2-1-6(3-8(7)22)37(34,35)20-19(33)17(18(32)10(5-31)36-20)30-4-9(28-29-30)11-12(23)14(25)16(27)15(26)13(11)24/h1-4,10,17-20,31-33H,5H2/t10-,17+,18+,19-,20-/m1/s1. The Kier molecular flexibility index (Phi) is 7.51. The van der Waals surface area contributed by atoms with Gasteiger partial charge >= 0.3 is 0 Å². The number of aliphatic hydroxyl groups is 3. The number of aromatic nitrogens is 3. The molecule has 1 saturated heterocycles. The highest BCUT2D eigenvalue weighted by molar-refractivity contribution is 7.92. The van der Waals surface area contributed by atoms with Gasteiger partial charge in [-0.05, 0) is 18.2 Å². The summed E-state index contributed by atoms with van der Waals surface area (Å²) >= 11 is 11.7. The number of sulfone groups is 1. The number of nitrogens with zero attached hydrogens (tertiary/aromatic N) is 3. The van der Waals surface area contributed by atoms with Crippen molar-refractivity contribution in [2.75, 3.05) is 6.61 Å². The molecular weight excluding hydrogens is 576 g/mol. The van der Waals surface area contributed by atoms with E-state index in [9.17, 15) is 45.7 Å². The summed E-state index contributed by atoms with van der Waals surface area (Å²) in [5, 5.41) is 37.8. The van der Waals surface area contributed by atoms with E-state index in [-0.39, 0.29) is 10.0 Å². The van der Waals surface area contributed by atoms with E-state index in [4.69, 9.17) is 27.9 Å². The predicted molar refractivity (Wildman–Crippen MR) is 116 cm³/mol. The van der Waals surface area contributed by atoms with Gasteiger partial charge in [0.15, 0.2) is 28.7 Å². The maximum Gasteiger partial charge on any atom is 0.207 e. The first-order valence-corrected chi connectivity index (χ1v) is 12.4. The maximum atomic E-state index is 14.2. The fourth-order valence-corrected chi connectivity index (χ4v) is 5.78. The minimum Gasteiger partial charge on any atom is -0.394 e. The molecule has 3 N–H and O–H groups in total. The second-order valence-electron chi connectivity index (χ2n) is 7.85. The second-order valence-corrected chi connectivity index (χ2v) is 10.7. The minimum absolute atomic E-state index is 0.0236. The van der Waals surface area contributed by atoms with Crippen LogP contribution in [0.4, 0.5) is 22.0 Å². The first-order chi connectivity index (χ1) is 17.3. The Morgan fingerprint density at radius 3 is 2.11 bits per heavy atom. The molecule has 0 radical (unpaired) electrons. The summed E-state index contributed by atoms with van der Waals surface area (Å²) < 4.78 is 101. The first-order valence-electron chi connectivity index (χ1n) is 10.1. The number of hydrogen-bond donors (Lipinski definition) is 3. The average Bonchev–Trinajstić information content (AvgIpc) is 3.32. The summed E-state index contributed by atoms with van der Waals surface area (Å²) in [7, 11) is -4.59. The van der Waals surface area contributed by atoms with Crippen molar-refractivity contribution in [3.05, 3.63) is 63.5 Å². The van der Waals surface area contributed by atoms with Crippen LogP contribution in [0.25, 0.3) is 11.3 Å². The highest BCUT2D eigenvalue weighted by atomic mass is 35.5. The zero-order chi connectivity index (χ0) is 27.4. The molecule has 2 aromatic carbocycles. The Morgan fingerprint density at radius 2 is 1.54 bits per heavy atom. The Morgan fingerprint density at radius 1 is 0.946 bits per heavy atom. The summed E-state index contributed by atoms with van der Waals surface area (Å²) in [5.41, 5.74) is -4.47. The molecule has 1 fully saturated rings. The molecule has 5 atom stereocenters. The van der Waals surface area contributed by atoms with Gasteiger partial charge in [-0.25, -0.2) is 35.1 Å². The lowest BCUT2D eigenvalue weighted by molar-refractivity contribution is -0.180. The van der Waals surface area contributed by atoms with Crippen LogP contribution >= 0.6 is 23.2 Å². The van der Waals surface area contributed by atoms with E-state index in [1.165, 1.54) is 0 Å². The van der Waals surface area contributed by atoms with Crippen LogP contribution in [0.15, 0.2) is 29.3 Å². The van der Waals surface area contributed by atoms with Crippen LogP contribution in [0.3, 0.4) is 0 Å². The highest BCUT2D eigenvalue weighted by Gasteiger charge is 2.51. The minimum atomic E-state index is -4.59. The van der Waals surface area contributed by atoms with Gasteiger partial charge in [0.1, 0.15) is 30.0 Å². The van der Waals surface area contributed by atoms with E-state index in [2.05, 4.69) is 10.3 Å². The monoisotopic (exact) mass is 589 g/mol. The van der Waals surface area contributed by atoms with Crippen LogP contribution in [0.2, 0.25) is 10.0 Å². The number of aliphatic hydroxyl groups excluding tert-OH is 3. The smallest absolute Gasteiger partial charge is 0.207 e.